The third-order valence-corrected chi connectivity index (χ3v) is 6.06. The van der Waals surface area contributed by atoms with Gasteiger partial charge in [-0.1, -0.05) is 0 Å². The van der Waals surface area contributed by atoms with Gasteiger partial charge in [0.05, 0.1) is 12.2 Å². The van der Waals surface area contributed by atoms with Gasteiger partial charge in [0, 0.05) is 38.1 Å². The van der Waals surface area contributed by atoms with Crippen LogP contribution in [-0.4, -0.2) is 101 Å². The van der Waals surface area contributed by atoms with Crippen molar-refractivity contribution >= 4 is 29.1 Å². The van der Waals surface area contributed by atoms with Crippen LogP contribution in [0.15, 0.2) is 16.8 Å². The van der Waals surface area contributed by atoms with E-state index in [4.69, 9.17) is 15.0 Å². The van der Waals surface area contributed by atoms with Crippen molar-refractivity contribution in [2.45, 2.75) is 24.6 Å². The van der Waals surface area contributed by atoms with Crippen molar-refractivity contribution in [3.05, 3.63) is 22.4 Å². The first-order chi connectivity index (χ1) is 14.0. The second-order valence-electron chi connectivity index (χ2n) is 7.08. The number of amides is 2. The Morgan fingerprint density at radius 1 is 1.20 bits per heavy atom. The summed E-state index contributed by atoms with van der Waals surface area (Å²) in [5.41, 5.74) is 0.218. The van der Waals surface area contributed by atoms with E-state index in [1.54, 1.807) is 4.90 Å². The number of likely N-dealkylation sites (tertiary alicyclic amines) is 1. The second kappa shape index (κ2) is 9.75. The maximum absolute atomic E-state index is 12.9. The number of rotatable bonds is 3. The minimum Gasteiger partial charge on any atom is -0.475 e. The Kier molecular flexibility index (Phi) is 7.83. The molecule has 0 bridgehead atoms. The Bertz CT molecular complexity index is 749. The molecule has 0 atom stereocenters. The van der Waals surface area contributed by atoms with E-state index in [0.717, 1.165) is 12.1 Å². The van der Waals surface area contributed by atoms with Crippen LogP contribution in [0.3, 0.4) is 0 Å². The van der Waals surface area contributed by atoms with E-state index in [1.165, 1.54) is 11.3 Å². The number of thiophene rings is 1. The molecule has 8 nitrogen and oxygen atoms in total. The van der Waals surface area contributed by atoms with E-state index >= 15 is 0 Å². The fraction of sp³-hybridized carbons (Fsp3) is 0.611. The maximum atomic E-state index is 12.9. The van der Waals surface area contributed by atoms with Gasteiger partial charge in [-0.05, 0) is 31.3 Å². The number of hydrogen-bond acceptors (Lipinski definition) is 6. The zero-order valence-electron chi connectivity index (χ0n) is 16.4. The number of halogens is 3. The normalized spacial score (nSPS) is 19.4. The number of alkyl halides is 3. The van der Waals surface area contributed by atoms with Crippen LogP contribution >= 0.6 is 11.3 Å². The summed E-state index contributed by atoms with van der Waals surface area (Å²) in [6.07, 6.45) is -3.78. The molecule has 2 fully saturated rings. The highest BCUT2D eigenvalue weighted by molar-refractivity contribution is 7.08. The number of carbonyl (C=O) groups is 3. The van der Waals surface area contributed by atoms with Gasteiger partial charge in [0.1, 0.15) is 5.54 Å². The smallest absolute Gasteiger partial charge is 0.475 e. The number of aliphatic hydroxyl groups excluding tert-OH is 1. The maximum Gasteiger partial charge on any atom is 0.490 e. The van der Waals surface area contributed by atoms with Crippen LogP contribution < -0.4 is 0 Å². The zero-order chi connectivity index (χ0) is 22.5. The first-order valence-corrected chi connectivity index (χ1v) is 10.2. The summed E-state index contributed by atoms with van der Waals surface area (Å²) in [6, 6.07) is 1.85. The molecule has 2 aliphatic heterocycles. The molecule has 3 heterocycles. The van der Waals surface area contributed by atoms with Gasteiger partial charge in [-0.25, -0.2) is 4.79 Å². The Morgan fingerprint density at radius 2 is 1.80 bits per heavy atom. The van der Waals surface area contributed by atoms with Crippen molar-refractivity contribution in [2.24, 2.45) is 0 Å². The largest absolute Gasteiger partial charge is 0.490 e. The van der Waals surface area contributed by atoms with Crippen LogP contribution in [0.5, 0.6) is 0 Å². The van der Waals surface area contributed by atoms with Gasteiger partial charge in [0.2, 0.25) is 5.91 Å². The van der Waals surface area contributed by atoms with Crippen molar-refractivity contribution in [3.8, 4) is 0 Å². The molecule has 2 N–H and O–H groups in total. The van der Waals surface area contributed by atoms with Crippen LogP contribution in [-0.2, 0) is 9.59 Å². The molecule has 0 radical (unpaired) electrons. The number of carbonyl (C=O) groups excluding carboxylic acids is 2. The predicted molar refractivity (Wildman–Crippen MR) is 102 cm³/mol. The highest BCUT2D eigenvalue weighted by atomic mass is 32.1. The molecule has 0 aliphatic carbocycles. The van der Waals surface area contributed by atoms with Crippen molar-refractivity contribution in [3.63, 3.8) is 0 Å². The quantitative estimate of drug-likeness (QED) is 0.715. The molecule has 30 heavy (non-hydrogen) atoms. The van der Waals surface area contributed by atoms with Crippen molar-refractivity contribution in [2.75, 3.05) is 46.4 Å². The highest BCUT2D eigenvalue weighted by Gasteiger charge is 2.49. The van der Waals surface area contributed by atoms with Gasteiger partial charge in [0.15, 0.2) is 0 Å². The zero-order valence-corrected chi connectivity index (χ0v) is 17.2. The van der Waals surface area contributed by atoms with E-state index in [-0.39, 0.29) is 18.4 Å². The summed E-state index contributed by atoms with van der Waals surface area (Å²) in [6.45, 7) is 3.05. The minimum atomic E-state index is -5.08. The molecule has 168 valence electrons. The molecule has 0 unspecified atom stereocenters. The molecule has 2 saturated heterocycles. The van der Waals surface area contributed by atoms with Gasteiger partial charge in [-0.15, -0.1) is 0 Å². The lowest BCUT2D eigenvalue weighted by molar-refractivity contribution is -0.192. The molecule has 2 aliphatic rings. The standard InChI is InChI=1S/C16H23N3O3S.C2HF3O2/c1-17-7-8-19(9-10-20)15(22)16(17)3-5-18(6-4-16)14(21)13-2-11-23-12-13;3-2(4,5)1(6)7/h2,11-12,20H,3-10H2,1H3;(H,6,7). The number of carboxylic acid groups (broad SMARTS) is 1. The van der Waals surface area contributed by atoms with Gasteiger partial charge in [-0.3, -0.25) is 14.5 Å². The Balaban J connectivity index is 0.000000396. The van der Waals surface area contributed by atoms with Crippen LogP contribution in [0.2, 0.25) is 0 Å². The summed E-state index contributed by atoms with van der Waals surface area (Å²) >= 11 is 1.52. The average Bonchev–Trinajstić information content (AvgIpc) is 3.23. The topological polar surface area (TPSA) is 101 Å². The number of carboxylic acids is 1. The summed E-state index contributed by atoms with van der Waals surface area (Å²) in [4.78, 5) is 40.0. The van der Waals surface area contributed by atoms with E-state index in [0.29, 0.717) is 39.0 Å². The first kappa shape index (κ1) is 24.1. The number of aliphatic hydroxyl groups is 1. The molecule has 1 aromatic heterocycles. The van der Waals surface area contributed by atoms with Crippen LogP contribution in [0.4, 0.5) is 13.2 Å². The molecular formula is C18H24F3N3O5S. The number of β-amino-alcohol motifs (C(OH)–C–C–N with tert-alkyl or cyclic N) is 1. The van der Waals surface area contributed by atoms with Crippen LogP contribution in [0.1, 0.15) is 23.2 Å². The monoisotopic (exact) mass is 451 g/mol. The van der Waals surface area contributed by atoms with Crippen LogP contribution in [0.25, 0.3) is 0 Å². The Hall–Kier alpha value is -2.18. The molecule has 1 spiro atoms. The predicted octanol–water partition coefficient (Wildman–Crippen LogP) is 1.12. The van der Waals surface area contributed by atoms with Crippen LogP contribution in [0, 0.1) is 0 Å². The van der Waals surface area contributed by atoms with Crippen molar-refractivity contribution in [1.82, 2.24) is 14.7 Å². The number of likely N-dealkylation sites (N-methyl/N-ethyl adjacent to an activating group) is 1. The first-order valence-electron chi connectivity index (χ1n) is 9.26. The molecule has 0 saturated carbocycles. The number of piperidine rings is 1. The summed E-state index contributed by atoms with van der Waals surface area (Å²) in [5.74, 6) is -2.60. The summed E-state index contributed by atoms with van der Waals surface area (Å²) < 4.78 is 31.7. The van der Waals surface area contributed by atoms with E-state index in [2.05, 4.69) is 4.90 Å². The summed E-state index contributed by atoms with van der Waals surface area (Å²) in [5, 5.41) is 20.1. The second-order valence-corrected chi connectivity index (χ2v) is 7.86. The van der Waals surface area contributed by atoms with E-state index < -0.39 is 17.7 Å². The number of aliphatic carboxylic acids is 1. The Morgan fingerprint density at radius 3 is 2.27 bits per heavy atom. The summed E-state index contributed by atoms with van der Waals surface area (Å²) in [7, 11) is 1.99. The number of nitrogens with zero attached hydrogens (tertiary/aromatic N) is 3. The molecule has 1 aromatic rings. The molecule has 3 rings (SSSR count). The van der Waals surface area contributed by atoms with Gasteiger partial charge in [-0.2, -0.15) is 24.5 Å². The number of hydrogen-bond donors (Lipinski definition) is 2. The fourth-order valence-corrected chi connectivity index (χ4v) is 4.25. The fourth-order valence-electron chi connectivity index (χ4n) is 3.62. The molecule has 0 aromatic carbocycles. The van der Waals surface area contributed by atoms with Crippen molar-refractivity contribution in [1.29, 1.82) is 0 Å². The third-order valence-electron chi connectivity index (χ3n) is 5.38. The third kappa shape index (κ3) is 5.29. The minimum absolute atomic E-state index is 0.00565. The van der Waals surface area contributed by atoms with E-state index in [9.17, 15) is 22.8 Å². The molecule has 2 amide bonds. The number of piperazine rings is 1. The average molecular weight is 451 g/mol. The molecular weight excluding hydrogens is 427 g/mol. The van der Waals surface area contributed by atoms with Gasteiger partial charge in [0.25, 0.3) is 5.91 Å². The highest BCUT2D eigenvalue weighted by Crippen LogP contribution is 2.33. The SMILES string of the molecule is CN1CCN(CCO)C(=O)C12CCN(C(=O)c1ccsc1)CC2.O=C(O)C(F)(F)F. The Labute approximate surface area is 175 Å². The molecule has 12 heteroatoms. The lowest BCUT2D eigenvalue weighted by Gasteiger charge is -2.51. The van der Waals surface area contributed by atoms with Gasteiger partial charge < -0.3 is 20.0 Å². The lowest BCUT2D eigenvalue weighted by Crippen LogP contribution is -2.68. The van der Waals surface area contributed by atoms with Crippen molar-refractivity contribution < 1.29 is 37.8 Å². The van der Waals surface area contributed by atoms with Gasteiger partial charge >= 0.3 is 12.1 Å². The lowest BCUT2D eigenvalue weighted by atomic mass is 9.82. The van der Waals surface area contributed by atoms with E-state index in [1.807, 2.05) is 28.8 Å².